The van der Waals surface area contributed by atoms with Gasteiger partial charge in [0.25, 0.3) is 0 Å². The molecule has 0 aliphatic heterocycles. The summed E-state index contributed by atoms with van der Waals surface area (Å²) in [5.41, 5.74) is 3.29. The van der Waals surface area contributed by atoms with Crippen LogP contribution in [-0.2, 0) is 6.54 Å². The van der Waals surface area contributed by atoms with Gasteiger partial charge in [-0.3, -0.25) is 4.79 Å². The molecular formula is C15H15N3O3. The molecule has 2 N–H and O–H groups in total. The SMILES string of the molecule is COc1[nH]ncc1-c1ccc2c(C=O)cn(CCO)c2c1. The van der Waals surface area contributed by atoms with Gasteiger partial charge in [-0.05, 0) is 11.6 Å². The van der Waals surface area contributed by atoms with Crippen LogP contribution in [0.4, 0.5) is 0 Å². The van der Waals surface area contributed by atoms with Gasteiger partial charge in [-0.15, -0.1) is 0 Å². The number of aromatic nitrogens is 3. The van der Waals surface area contributed by atoms with Crippen molar-refractivity contribution in [1.29, 1.82) is 0 Å². The molecule has 0 bridgehead atoms. The molecule has 0 amide bonds. The molecule has 0 radical (unpaired) electrons. The monoisotopic (exact) mass is 285 g/mol. The number of ether oxygens (including phenoxy) is 1. The first-order valence-corrected chi connectivity index (χ1v) is 6.55. The van der Waals surface area contributed by atoms with E-state index in [0.717, 1.165) is 28.3 Å². The van der Waals surface area contributed by atoms with E-state index in [1.54, 1.807) is 19.5 Å². The summed E-state index contributed by atoms with van der Waals surface area (Å²) in [5.74, 6) is 0.588. The number of fused-ring (bicyclic) bond motifs is 1. The lowest BCUT2D eigenvalue weighted by atomic mass is 10.1. The molecule has 0 saturated carbocycles. The van der Waals surface area contributed by atoms with Crippen LogP contribution in [0.1, 0.15) is 10.4 Å². The number of carbonyl (C=O) groups is 1. The molecule has 0 fully saturated rings. The number of hydrogen-bond donors (Lipinski definition) is 2. The summed E-state index contributed by atoms with van der Waals surface area (Å²) < 4.78 is 7.11. The third-order valence-electron chi connectivity index (χ3n) is 3.50. The van der Waals surface area contributed by atoms with Crippen LogP contribution in [0.2, 0.25) is 0 Å². The molecule has 0 atom stereocenters. The Morgan fingerprint density at radius 3 is 3.05 bits per heavy atom. The molecule has 2 heterocycles. The second-order valence-corrected chi connectivity index (χ2v) is 4.67. The number of benzene rings is 1. The average molecular weight is 285 g/mol. The number of H-pyrrole nitrogens is 1. The number of carbonyl (C=O) groups excluding carboxylic acids is 1. The van der Waals surface area contributed by atoms with Crippen molar-refractivity contribution in [3.05, 3.63) is 36.2 Å². The summed E-state index contributed by atoms with van der Waals surface area (Å²) in [6, 6.07) is 5.78. The third kappa shape index (κ3) is 2.19. The van der Waals surface area contributed by atoms with Gasteiger partial charge in [-0.1, -0.05) is 12.1 Å². The number of aromatic amines is 1. The Morgan fingerprint density at radius 2 is 2.33 bits per heavy atom. The van der Waals surface area contributed by atoms with Crippen molar-refractivity contribution in [2.75, 3.05) is 13.7 Å². The van der Waals surface area contributed by atoms with Crippen LogP contribution < -0.4 is 4.74 Å². The molecule has 0 aliphatic rings. The molecule has 6 heteroatoms. The maximum absolute atomic E-state index is 11.1. The van der Waals surface area contributed by atoms with Gasteiger partial charge in [0.2, 0.25) is 5.88 Å². The standard InChI is InChI=1S/C15H15N3O3/c1-21-15-13(7-16-17-15)10-2-3-12-11(9-20)8-18(4-5-19)14(12)6-10/h2-3,6-9,19H,4-5H2,1H3,(H,16,17). The van der Waals surface area contributed by atoms with Crippen LogP contribution in [0.5, 0.6) is 5.88 Å². The Morgan fingerprint density at radius 1 is 1.48 bits per heavy atom. The fourth-order valence-corrected chi connectivity index (χ4v) is 2.51. The molecule has 21 heavy (non-hydrogen) atoms. The van der Waals surface area contributed by atoms with Crippen molar-refractivity contribution in [1.82, 2.24) is 14.8 Å². The molecule has 108 valence electrons. The molecule has 2 aromatic heterocycles. The van der Waals surface area contributed by atoms with E-state index in [1.165, 1.54) is 0 Å². The maximum atomic E-state index is 11.1. The Balaban J connectivity index is 2.19. The minimum Gasteiger partial charge on any atom is -0.481 e. The molecule has 0 aliphatic carbocycles. The summed E-state index contributed by atoms with van der Waals surface area (Å²) in [7, 11) is 1.58. The van der Waals surface area contributed by atoms with Crippen LogP contribution in [-0.4, -0.2) is 39.9 Å². The highest BCUT2D eigenvalue weighted by Crippen LogP contribution is 2.31. The van der Waals surface area contributed by atoms with Crippen molar-refractivity contribution >= 4 is 17.2 Å². The number of nitrogens with zero attached hydrogens (tertiary/aromatic N) is 2. The average Bonchev–Trinajstić information content (AvgIpc) is 3.11. The van der Waals surface area contributed by atoms with Crippen LogP contribution in [0.3, 0.4) is 0 Å². The maximum Gasteiger partial charge on any atom is 0.216 e. The summed E-state index contributed by atoms with van der Waals surface area (Å²) in [4.78, 5) is 11.1. The zero-order valence-electron chi connectivity index (χ0n) is 11.5. The van der Waals surface area contributed by atoms with E-state index in [2.05, 4.69) is 10.2 Å². The van der Waals surface area contributed by atoms with E-state index in [4.69, 9.17) is 9.84 Å². The van der Waals surface area contributed by atoms with E-state index >= 15 is 0 Å². The number of hydrogen-bond acceptors (Lipinski definition) is 4. The minimum atomic E-state index is 0.0152. The van der Waals surface area contributed by atoms with Crippen molar-refractivity contribution in [3.8, 4) is 17.0 Å². The number of aliphatic hydroxyl groups is 1. The molecule has 3 aromatic rings. The van der Waals surface area contributed by atoms with Gasteiger partial charge in [0.15, 0.2) is 6.29 Å². The number of aliphatic hydroxyl groups excluding tert-OH is 1. The largest absolute Gasteiger partial charge is 0.481 e. The number of methoxy groups -OCH3 is 1. The fraction of sp³-hybridized carbons (Fsp3) is 0.200. The van der Waals surface area contributed by atoms with Crippen molar-refractivity contribution in [3.63, 3.8) is 0 Å². The van der Waals surface area contributed by atoms with Crippen LogP contribution >= 0.6 is 0 Å². The molecule has 0 saturated heterocycles. The minimum absolute atomic E-state index is 0.0152. The highest BCUT2D eigenvalue weighted by molar-refractivity contribution is 5.99. The molecule has 6 nitrogen and oxygen atoms in total. The number of rotatable bonds is 5. The van der Waals surface area contributed by atoms with E-state index in [9.17, 15) is 4.79 Å². The molecule has 0 unspecified atom stereocenters. The highest BCUT2D eigenvalue weighted by Gasteiger charge is 2.12. The molecule has 3 rings (SSSR count). The van der Waals surface area contributed by atoms with E-state index in [0.29, 0.717) is 18.0 Å². The van der Waals surface area contributed by atoms with E-state index in [1.807, 2.05) is 22.8 Å². The second kappa shape index (κ2) is 5.41. The van der Waals surface area contributed by atoms with E-state index in [-0.39, 0.29) is 6.61 Å². The zero-order valence-corrected chi connectivity index (χ0v) is 11.5. The normalized spacial score (nSPS) is 11.0. The first kappa shape index (κ1) is 13.4. The topological polar surface area (TPSA) is 80.1 Å². The molecule has 1 aromatic carbocycles. The Bertz CT molecular complexity index is 789. The number of aldehydes is 1. The third-order valence-corrected chi connectivity index (χ3v) is 3.50. The van der Waals surface area contributed by atoms with Crippen LogP contribution in [0, 0.1) is 0 Å². The van der Waals surface area contributed by atoms with Crippen molar-refractivity contribution < 1.29 is 14.6 Å². The highest BCUT2D eigenvalue weighted by atomic mass is 16.5. The Kier molecular flexibility index (Phi) is 3.45. The van der Waals surface area contributed by atoms with Crippen molar-refractivity contribution in [2.45, 2.75) is 6.54 Å². The predicted octanol–water partition coefficient (Wildman–Crippen LogP) is 1.84. The smallest absolute Gasteiger partial charge is 0.216 e. The van der Waals surface area contributed by atoms with Gasteiger partial charge in [-0.2, -0.15) is 5.10 Å². The van der Waals surface area contributed by atoms with Gasteiger partial charge in [-0.25, -0.2) is 5.10 Å². The van der Waals surface area contributed by atoms with Gasteiger partial charge >= 0.3 is 0 Å². The van der Waals surface area contributed by atoms with Gasteiger partial charge in [0, 0.05) is 29.2 Å². The predicted molar refractivity (Wildman–Crippen MR) is 78.5 cm³/mol. The summed E-state index contributed by atoms with van der Waals surface area (Å²) in [5, 5.41) is 16.8. The lowest BCUT2D eigenvalue weighted by molar-refractivity contribution is 0.112. The lowest BCUT2D eigenvalue weighted by Gasteiger charge is -2.05. The van der Waals surface area contributed by atoms with Crippen molar-refractivity contribution in [2.24, 2.45) is 0 Å². The molecule has 0 spiro atoms. The van der Waals surface area contributed by atoms with Gasteiger partial charge in [0.05, 0.1) is 25.5 Å². The Hall–Kier alpha value is -2.60. The van der Waals surface area contributed by atoms with Crippen LogP contribution in [0.25, 0.3) is 22.0 Å². The fourth-order valence-electron chi connectivity index (χ4n) is 2.51. The van der Waals surface area contributed by atoms with E-state index < -0.39 is 0 Å². The van der Waals surface area contributed by atoms with Crippen LogP contribution in [0.15, 0.2) is 30.6 Å². The first-order valence-electron chi connectivity index (χ1n) is 6.55. The lowest BCUT2D eigenvalue weighted by Crippen LogP contribution is -1.99. The summed E-state index contributed by atoms with van der Waals surface area (Å²) in [6.07, 6.45) is 4.28. The molecular weight excluding hydrogens is 270 g/mol. The quantitative estimate of drug-likeness (QED) is 0.701. The summed E-state index contributed by atoms with van der Waals surface area (Å²) in [6.45, 7) is 0.456. The first-order chi connectivity index (χ1) is 10.3. The second-order valence-electron chi connectivity index (χ2n) is 4.67. The number of nitrogens with one attached hydrogen (secondary N) is 1. The summed E-state index contributed by atoms with van der Waals surface area (Å²) >= 11 is 0. The Labute approximate surface area is 121 Å². The van der Waals surface area contributed by atoms with Gasteiger partial charge < -0.3 is 14.4 Å². The zero-order chi connectivity index (χ0) is 14.8. The van der Waals surface area contributed by atoms with Gasteiger partial charge in [0.1, 0.15) is 0 Å².